The third kappa shape index (κ3) is 4.44. The average molecular weight is 314 g/mol. The summed E-state index contributed by atoms with van der Waals surface area (Å²) < 4.78 is 28.7. The molecule has 1 amide bonds. The fourth-order valence-electron chi connectivity index (χ4n) is 2.11. The van der Waals surface area contributed by atoms with Crippen LogP contribution in [-0.2, 0) is 14.8 Å². The molecule has 1 rings (SSSR count). The summed E-state index contributed by atoms with van der Waals surface area (Å²) in [5.41, 5.74) is 1.39. The minimum atomic E-state index is -3.91. The van der Waals surface area contributed by atoms with Crippen LogP contribution in [0.2, 0.25) is 0 Å². The van der Waals surface area contributed by atoms with Crippen molar-refractivity contribution in [3.63, 3.8) is 0 Å². The summed E-state index contributed by atoms with van der Waals surface area (Å²) in [5, 5.41) is 5.21. The van der Waals surface area contributed by atoms with Gasteiger partial charge in [0.25, 0.3) is 5.91 Å². The lowest BCUT2D eigenvalue weighted by Crippen LogP contribution is -2.34. The zero-order valence-corrected chi connectivity index (χ0v) is 13.7. The van der Waals surface area contributed by atoms with Crippen molar-refractivity contribution in [3.8, 4) is 5.75 Å². The van der Waals surface area contributed by atoms with Crippen molar-refractivity contribution in [1.82, 2.24) is 4.90 Å². The number of carbonyl (C=O) groups is 1. The molecule has 0 fully saturated rings. The van der Waals surface area contributed by atoms with Crippen molar-refractivity contribution in [2.45, 2.75) is 32.6 Å². The second-order valence-corrected chi connectivity index (χ2v) is 6.34. The quantitative estimate of drug-likeness (QED) is 0.854. The van der Waals surface area contributed by atoms with Gasteiger partial charge in [0.05, 0.1) is 0 Å². The molecule has 0 bridgehead atoms. The van der Waals surface area contributed by atoms with Crippen LogP contribution in [0.25, 0.3) is 0 Å². The van der Waals surface area contributed by atoms with Crippen molar-refractivity contribution in [3.05, 3.63) is 23.3 Å². The second kappa shape index (κ2) is 6.91. The van der Waals surface area contributed by atoms with E-state index in [0.717, 1.165) is 5.56 Å². The van der Waals surface area contributed by atoms with Crippen LogP contribution >= 0.6 is 0 Å². The highest BCUT2D eigenvalue weighted by molar-refractivity contribution is 7.89. The molecule has 1 aromatic rings. The zero-order chi connectivity index (χ0) is 16.2. The van der Waals surface area contributed by atoms with Crippen molar-refractivity contribution >= 4 is 15.9 Å². The third-order valence-corrected chi connectivity index (χ3v) is 4.06. The molecular formula is C14H22N2O4S. The highest BCUT2D eigenvalue weighted by Gasteiger charge is 2.20. The van der Waals surface area contributed by atoms with E-state index in [2.05, 4.69) is 0 Å². The van der Waals surface area contributed by atoms with Gasteiger partial charge in [-0.25, -0.2) is 13.6 Å². The van der Waals surface area contributed by atoms with E-state index in [1.807, 2.05) is 13.8 Å². The van der Waals surface area contributed by atoms with Gasteiger partial charge in [0, 0.05) is 13.1 Å². The Labute approximate surface area is 125 Å². The highest BCUT2D eigenvalue weighted by atomic mass is 32.2. The Morgan fingerprint density at radius 2 is 1.81 bits per heavy atom. The number of nitrogens with zero attached hydrogens (tertiary/aromatic N) is 1. The summed E-state index contributed by atoms with van der Waals surface area (Å²) >= 11 is 0. The first kappa shape index (κ1) is 17.5. The van der Waals surface area contributed by atoms with Crippen LogP contribution < -0.4 is 9.88 Å². The second-order valence-electron chi connectivity index (χ2n) is 4.81. The molecule has 0 atom stereocenters. The monoisotopic (exact) mass is 314 g/mol. The average Bonchev–Trinajstić information content (AvgIpc) is 2.37. The van der Waals surface area contributed by atoms with E-state index in [1.165, 1.54) is 6.07 Å². The molecule has 0 radical (unpaired) electrons. The number of amides is 1. The van der Waals surface area contributed by atoms with Gasteiger partial charge in [-0.2, -0.15) is 0 Å². The van der Waals surface area contributed by atoms with Crippen LogP contribution in [0.5, 0.6) is 5.75 Å². The Morgan fingerprint density at radius 1 is 1.24 bits per heavy atom. The maximum atomic E-state index is 11.9. The minimum Gasteiger partial charge on any atom is -0.482 e. The molecule has 0 saturated heterocycles. The largest absolute Gasteiger partial charge is 0.482 e. The van der Waals surface area contributed by atoms with E-state index < -0.39 is 10.0 Å². The lowest BCUT2D eigenvalue weighted by molar-refractivity contribution is -0.133. The number of primary sulfonamides is 1. The minimum absolute atomic E-state index is 0.0904. The Balaban J connectivity index is 3.06. The SMILES string of the molecule is CCN(CC)C(=O)COc1c(C)cc(C)cc1S(N)(=O)=O. The van der Waals surface area contributed by atoms with Crippen molar-refractivity contribution in [1.29, 1.82) is 0 Å². The summed E-state index contributed by atoms with van der Waals surface area (Å²) in [4.78, 5) is 13.5. The first-order valence-corrected chi connectivity index (χ1v) is 8.29. The van der Waals surface area contributed by atoms with Gasteiger partial charge in [0.2, 0.25) is 10.0 Å². The van der Waals surface area contributed by atoms with Crippen molar-refractivity contribution in [2.24, 2.45) is 5.14 Å². The maximum absolute atomic E-state index is 11.9. The van der Waals surface area contributed by atoms with E-state index in [0.29, 0.717) is 18.7 Å². The Kier molecular flexibility index (Phi) is 5.74. The smallest absolute Gasteiger partial charge is 0.260 e. The molecule has 7 heteroatoms. The summed E-state index contributed by atoms with van der Waals surface area (Å²) in [6.07, 6.45) is 0. The van der Waals surface area contributed by atoms with Gasteiger partial charge in [0.1, 0.15) is 10.6 Å². The highest BCUT2D eigenvalue weighted by Crippen LogP contribution is 2.28. The topological polar surface area (TPSA) is 89.7 Å². The third-order valence-electron chi connectivity index (χ3n) is 3.15. The van der Waals surface area contributed by atoms with Crippen LogP contribution in [0.4, 0.5) is 0 Å². The van der Waals surface area contributed by atoms with Gasteiger partial charge in [-0.15, -0.1) is 0 Å². The molecule has 0 heterocycles. The van der Waals surface area contributed by atoms with Gasteiger partial charge in [0.15, 0.2) is 6.61 Å². The van der Waals surface area contributed by atoms with Gasteiger partial charge >= 0.3 is 0 Å². The van der Waals surface area contributed by atoms with Gasteiger partial charge in [-0.3, -0.25) is 4.79 Å². The fraction of sp³-hybridized carbons (Fsp3) is 0.500. The molecular weight excluding hydrogens is 292 g/mol. The molecule has 2 N–H and O–H groups in total. The maximum Gasteiger partial charge on any atom is 0.260 e. The molecule has 0 unspecified atom stereocenters. The van der Waals surface area contributed by atoms with Gasteiger partial charge in [-0.1, -0.05) is 6.07 Å². The summed E-state index contributed by atoms with van der Waals surface area (Å²) in [7, 11) is -3.91. The number of benzene rings is 1. The molecule has 1 aromatic carbocycles. The number of hydrogen-bond donors (Lipinski definition) is 1. The Morgan fingerprint density at radius 3 is 2.29 bits per heavy atom. The lowest BCUT2D eigenvalue weighted by atomic mass is 10.1. The molecule has 118 valence electrons. The standard InChI is InChI=1S/C14H22N2O4S/c1-5-16(6-2)13(17)9-20-14-11(4)7-10(3)8-12(14)21(15,18)19/h7-8H,5-6,9H2,1-4H3,(H2,15,18,19). The first-order valence-electron chi connectivity index (χ1n) is 6.75. The van der Waals surface area contributed by atoms with Crippen LogP contribution in [0, 0.1) is 13.8 Å². The van der Waals surface area contributed by atoms with Crippen molar-refractivity contribution < 1.29 is 17.9 Å². The van der Waals surface area contributed by atoms with Crippen LogP contribution in [0.15, 0.2) is 17.0 Å². The number of aryl methyl sites for hydroxylation is 2. The number of rotatable bonds is 6. The first-order chi connectivity index (χ1) is 9.70. The molecule has 21 heavy (non-hydrogen) atoms. The summed E-state index contributed by atoms with van der Waals surface area (Å²) in [5.74, 6) is -0.0519. The molecule has 0 aliphatic heterocycles. The predicted octanol–water partition coefficient (Wildman–Crippen LogP) is 1.20. The molecule has 0 aromatic heterocycles. The zero-order valence-electron chi connectivity index (χ0n) is 12.8. The number of nitrogens with two attached hydrogens (primary N) is 1. The molecule has 0 aliphatic carbocycles. The number of ether oxygens (including phenoxy) is 1. The fourth-order valence-corrected chi connectivity index (χ4v) is 2.94. The molecule has 0 saturated carbocycles. The van der Waals surface area contributed by atoms with Crippen LogP contribution in [0.3, 0.4) is 0 Å². The number of carbonyl (C=O) groups excluding carboxylic acids is 1. The van der Waals surface area contributed by atoms with E-state index in [1.54, 1.807) is 24.8 Å². The normalized spacial score (nSPS) is 11.3. The number of hydrogen-bond acceptors (Lipinski definition) is 4. The van der Waals surface area contributed by atoms with E-state index in [4.69, 9.17) is 9.88 Å². The van der Waals surface area contributed by atoms with Crippen LogP contribution in [0.1, 0.15) is 25.0 Å². The van der Waals surface area contributed by atoms with E-state index in [9.17, 15) is 13.2 Å². The van der Waals surface area contributed by atoms with Crippen LogP contribution in [-0.4, -0.2) is 38.9 Å². The van der Waals surface area contributed by atoms with E-state index >= 15 is 0 Å². The Bertz CT molecular complexity index is 622. The van der Waals surface area contributed by atoms with Gasteiger partial charge in [-0.05, 0) is 44.9 Å². The lowest BCUT2D eigenvalue weighted by Gasteiger charge is -2.20. The molecule has 0 aliphatic rings. The van der Waals surface area contributed by atoms with E-state index in [-0.39, 0.29) is 23.2 Å². The van der Waals surface area contributed by atoms with Crippen molar-refractivity contribution in [2.75, 3.05) is 19.7 Å². The molecule has 0 spiro atoms. The summed E-state index contributed by atoms with van der Waals surface area (Å²) in [6, 6.07) is 3.23. The Hall–Kier alpha value is -1.60. The summed E-state index contributed by atoms with van der Waals surface area (Å²) in [6.45, 7) is 8.17. The number of sulfonamides is 1. The molecule has 6 nitrogen and oxygen atoms in total. The predicted molar refractivity (Wildman–Crippen MR) is 80.7 cm³/mol. The van der Waals surface area contributed by atoms with Gasteiger partial charge < -0.3 is 9.64 Å². The number of likely N-dealkylation sites (N-methyl/N-ethyl adjacent to an activating group) is 1.